The number of carbonyl (C=O) groups is 1. The van der Waals surface area contributed by atoms with Crippen molar-refractivity contribution in [2.75, 3.05) is 38.3 Å². The molecule has 0 fully saturated rings. The standard InChI is InChI=1S/C14H16N4O3S/c1-20-7-9-6-18-2-3-21-11-10(18)13(14(19)17-9)22-12(11)8-4-15-16-5-8/h4-5,9H,2-3,6-7H2,1H3,(H,15,16)(H,17,19)/t9-/m0/s1. The van der Waals surface area contributed by atoms with Crippen molar-refractivity contribution in [1.29, 1.82) is 0 Å². The minimum atomic E-state index is -0.0638. The van der Waals surface area contributed by atoms with Crippen LogP contribution >= 0.6 is 11.3 Å². The number of nitrogens with zero attached hydrogens (tertiary/aromatic N) is 2. The number of aromatic nitrogens is 2. The minimum Gasteiger partial charge on any atom is -0.488 e. The Kier molecular flexibility index (Phi) is 3.27. The molecule has 2 aromatic rings. The van der Waals surface area contributed by atoms with Crippen molar-refractivity contribution >= 4 is 22.9 Å². The van der Waals surface area contributed by atoms with Gasteiger partial charge in [-0.25, -0.2) is 0 Å². The van der Waals surface area contributed by atoms with Gasteiger partial charge in [-0.05, 0) is 0 Å². The molecule has 0 radical (unpaired) electrons. The van der Waals surface area contributed by atoms with Crippen LogP contribution in [-0.4, -0.2) is 55.6 Å². The van der Waals surface area contributed by atoms with Gasteiger partial charge in [0.05, 0.1) is 30.3 Å². The van der Waals surface area contributed by atoms with E-state index < -0.39 is 0 Å². The number of ether oxygens (including phenoxy) is 2. The van der Waals surface area contributed by atoms with Crippen LogP contribution in [0, 0.1) is 0 Å². The average Bonchev–Trinajstić information content (AvgIpc) is 3.11. The minimum absolute atomic E-state index is 0.0135. The molecule has 0 saturated carbocycles. The van der Waals surface area contributed by atoms with Crippen molar-refractivity contribution < 1.29 is 14.3 Å². The molecule has 0 saturated heterocycles. The fourth-order valence-corrected chi connectivity index (χ4v) is 4.11. The van der Waals surface area contributed by atoms with Gasteiger partial charge in [0.1, 0.15) is 17.2 Å². The van der Waals surface area contributed by atoms with Crippen molar-refractivity contribution in [3.63, 3.8) is 0 Å². The highest BCUT2D eigenvalue weighted by Crippen LogP contribution is 2.50. The van der Waals surface area contributed by atoms with E-state index in [-0.39, 0.29) is 11.9 Å². The summed E-state index contributed by atoms with van der Waals surface area (Å²) in [6.07, 6.45) is 3.56. The Morgan fingerprint density at radius 2 is 2.45 bits per heavy atom. The van der Waals surface area contributed by atoms with Crippen LogP contribution in [0.3, 0.4) is 0 Å². The van der Waals surface area contributed by atoms with Crippen LogP contribution in [-0.2, 0) is 4.74 Å². The molecule has 2 N–H and O–H groups in total. The van der Waals surface area contributed by atoms with Crippen LogP contribution < -0.4 is 15.0 Å². The Morgan fingerprint density at radius 3 is 3.23 bits per heavy atom. The molecule has 1 atom stereocenters. The third kappa shape index (κ3) is 2.06. The quantitative estimate of drug-likeness (QED) is 0.885. The van der Waals surface area contributed by atoms with Gasteiger partial charge in [-0.2, -0.15) is 5.10 Å². The van der Waals surface area contributed by atoms with Crippen LogP contribution in [0.4, 0.5) is 5.69 Å². The molecule has 8 heteroatoms. The summed E-state index contributed by atoms with van der Waals surface area (Å²) in [5.41, 5.74) is 1.85. The number of rotatable bonds is 3. The maximum atomic E-state index is 12.5. The summed E-state index contributed by atoms with van der Waals surface area (Å²) in [5, 5.41) is 9.83. The zero-order chi connectivity index (χ0) is 15.1. The van der Waals surface area contributed by atoms with Crippen LogP contribution in [0.5, 0.6) is 5.75 Å². The number of thiophene rings is 1. The van der Waals surface area contributed by atoms with Crippen LogP contribution in [0.1, 0.15) is 9.67 Å². The normalized spacial score (nSPS) is 20.1. The predicted molar refractivity (Wildman–Crippen MR) is 82.7 cm³/mol. The molecule has 0 spiro atoms. The maximum Gasteiger partial charge on any atom is 0.264 e. The highest BCUT2D eigenvalue weighted by Gasteiger charge is 2.36. The first-order valence-electron chi connectivity index (χ1n) is 7.11. The first-order valence-corrected chi connectivity index (χ1v) is 7.93. The number of amides is 1. The molecule has 0 bridgehead atoms. The predicted octanol–water partition coefficient (Wildman–Crippen LogP) is 1.10. The highest BCUT2D eigenvalue weighted by atomic mass is 32.1. The molecule has 7 nitrogen and oxygen atoms in total. The average molecular weight is 320 g/mol. The van der Waals surface area contributed by atoms with E-state index in [0.717, 1.165) is 35.0 Å². The van der Waals surface area contributed by atoms with Gasteiger partial charge in [0.2, 0.25) is 0 Å². The van der Waals surface area contributed by atoms with E-state index >= 15 is 0 Å². The lowest BCUT2D eigenvalue weighted by molar-refractivity contribution is 0.0910. The van der Waals surface area contributed by atoms with Gasteiger partial charge in [0.15, 0.2) is 5.75 Å². The summed E-state index contributed by atoms with van der Waals surface area (Å²) in [6, 6.07) is -0.0135. The van der Waals surface area contributed by atoms with E-state index in [0.29, 0.717) is 18.1 Å². The fraction of sp³-hybridized carbons (Fsp3) is 0.429. The van der Waals surface area contributed by atoms with E-state index in [4.69, 9.17) is 9.47 Å². The van der Waals surface area contributed by atoms with Gasteiger partial charge in [-0.1, -0.05) is 0 Å². The Bertz CT molecular complexity index is 697. The lowest BCUT2D eigenvalue weighted by Gasteiger charge is -2.31. The summed E-state index contributed by atoms with van der Waals surface area (Å²) in [7, 11) is 1.65. The SMILES string of the molecule is COC[C@@H]1CN2CCOc3c(-c4cn[nH]c4)sc(c32)C(=O)N1. The second kappa shape index (κ2) is 5.29. The first-order chi connectivity index (χ1) is 10.8. The van der Waals surface area contributed by atoms with Crippen molar-refractivity contribution in [2.45, 2.75) is 6.04 Å². The number of methoxy groups -OCH3 is 1. The van der Waals surface area contributed by atoms with Crippen LogP contribution in [0.15, 0.2) is 12.4 Å². The van der Waals surface area contributed by atoms with Gasteiger partial charge in [0, 0.05) is 25.4 Å². The molecule has 22 heavy (non-hydrogen) atoms. The monoisotopic (exact) mass is 320 g/mol. The molecule has 0 aliphatic carbocycles. The highest BCUT2D eigenvalue weighted by molar-refractivity contribution is 7.18. The summed E-state index contributed by atoms with van der Waals surface area (Å²) in [5.74, 6) is 0.729. The summed E-state index contributed by atoms with van der Waals surface area (Å²) in [4.78, 5) is 16.4. The molecule has 4 heterocycles. The van der Waals surface area contributed by atoms with Crippen molar-refractivity contribution in [2.24, 2.45) is 0 Å². The van der Waals surface area contributed by atoms with Gasteiger partial charge in [-0.15, -0.1) is 11.3 Å². The summed E-state index contributed by atoms with van der Waals surface area (Å²) < 4.78 is 11.1. The van der Waals surface area contributed by atoms with Gasteiger partial charge >= 0.3 is 0 Å². The maximum absolute atomic E-state index is 12.5. The third-order valence-electron chi connectivity index (χ3n) is 3.87. The summed E-state index contributed by atoms with van der Waals surface area (Å²) >= 11 is 1.45. The largest absolute Gasteiger partial charge is 0.488 e. The van der Waals surface area contributed by atoms with Crippen molar-refractivity contribution in [3.05, 3.63) is 17.3 Å². The zero-order valence-electron chi connectivity index (χ0n) is 12.1. The topological polar surface area (TPSA) is 79.5 Å². The number of H-pyrrole nitrogens is 1. The second-order valence-electron chi connectivity index (χ2n) is 5.35. The Balaban J connectivity index is 1.81. The molecule has 116 valence electrons. The molecule has 2 aliphatic heterocycles. The van der Waals surface area contributed by atoms with E-state index in [1.165, 1.54) is 11.3 Å². The van der Waals surface area contributed by atoms with Crippen LogP contribution in [0.2, 0.25) is 0 Å². The summed E-state index contributed by atoms with van der Waals surface area (Å²) in [6.45, 7) is 2.62. The molecule has 0 unspecified atom stereocenters. The molecule has 2 aliphatic rings. The third-order valence-corrected chi connectivity index (χ3v) is 5.08. The number of hydrogen-bond donors (Lipinski definition) is 2. The Morgan fingerprint density at radius 1 is 1.55 bits per heavy atom. The smallest absolute Gasteiger partial charge is 0.264 e. The molecule has 0 aromatic carbocycles. The molecule has 1 amide bonds. The second-order valence-corrected chi connectivity index (χ2v) is 6.37. The van der Waals surface area contributed by atoms with E-state index in [1.54, 1.807) is 13.3 Å². The Labute approximate surface area is 131 Å². The Hall–Kier alpha value is -2.06. The van der Waals surface area contributed by atoms with E-state index in [2.05, 4.69) is 20.4 Å². The van der Waals surface area contributed by atoms with E-state index in [9.17, 15) is 4.79 Å². The molecule has 2 aromatic heterocycles. The number of anilines is 1. The lowest BCUT2D eigenvalue weighted by atomic mass is 10.2. The van der Waals surface area contributed by atoms with E-state index in [1.807, 2.05) is 6.20 Å². The fourth-order valence-electron chi connectivity index (χ4n) is 2.96. The number of nitrogens with one attached hydrogen (secondary N) is 2. The number of carbonyl (C=O) groups excluding carboxylic acids is 1. The number of aromatic amines is 1. The van der Waals surface area contributed by atoms with Gasteiger partial charge in [0.25, 0.3) is 5.91 Å². The molecule has 4 rings (SSSR count). The van der Waals surface area contributed by atoms with Crippen molar-refractivity contribution in [3.8, 4) is 16.2 Å². The lowest BCUT2D eigenvalue weighted by Crippen LogP contribution is -2.45. The molecular weight excluding hydrogens is 304 g/mol. The van der Waals surface area contributed by atoms with Crippen LogP contribution in [0.25, 0.3) is 10.4 Å². The van der Waals surface area contributed by atoms with Crippen molar-refractivity contribution in [1.82, 2.24) is 15.5 Å². The first kappa shape index (κ1) is 13.6. The van der Waals surface area contributed by atoms with Gasteiger partial charge in [-0.3, -0.25) is 9.89 Å². The van der Waals surface area contributed by atoms with Gasteiger partial charge < -0.3 is 19.7 Å². The zero-order valence-corrected chi connectivity index (χ0v) is 12.9. The molecular formula is C14H16N4O3S. The number of hydrogen-bond acceptors (Lipinski definition) is 6.